The summed E-state index contributed by atoms with van der Waals surface area (Å²) in [5, 5.41) is 5.26. The third-order valence-corrected chi connectivity index (χ3v) is 2.55. The van der Waals surface area contributed by atoms with Crippen molar-refractivity contribution in [2.75, 3.05) is 5.32 Å². The number of carbonyl (C=O) groups is 2. The Morgan fingerprint density at radius 2 is 2.26 bits per heavy atom. The molecule has 2 N–H and O–H groups in total. The fraction of sp³-hybridized carbons (Fsp3) is 0.462. The second-order valence-corrected chi connectivity index (χ2v) is 5.39. The normalized spacial score (nSPS) is 18.3. The minimum absolute atomic E-state index is 0.258. The van der Waals surface area contributed by atoms with Crippen LogP contribution in [0, 0.1) is 0 Å². The molecule has 0 saturated heterocycles. The van der Waals surface area contributed by atoms with Gasteiger partial charge in [0.1, 0.15) is 11.6 Å². The highest BCUT2D eigenvalue weighted by atomic mass is 16.6. The summed E-state index contributed by atoms with van der Waals surface area (Å²) < 4.78 is 5.13. The molecule has 0 aliphatic carbocycles. The largest absolute Gasteiger partial charge is 0.444 e. The average Bonchev–Trinajstić information content (AvgIpc) is 2.27. The Bertz CT molecular complexity index is 508. The summed E-state index contributed by atoms with van der Waals surface area (Å²) in [6, 6.07) is 2.88. The van der Waals surface area contributed by atoms with E-state index in [-0.39, 0.29) is 5.91 Å². The maximum absolute atomic E-state index is 11.8. The number of alkyl carbamates (subject to hydrolysis) is 1. The number of nitrogens with one attached hydrogen (secondary N) is 2. The van der Waals surface area contributed by atoms with Crippen LogP contribution in [-0.4, -0.2) is 28.6 Å². The minimum atomic E-state index is -0.655. The Morgan fingerprint density at radius 1 is 1.53 bits per heavy atom. The van der Waals surface area contributed by atoms with E-state index in [1.165, 1.54) is 0 Å². The maximum Gasteiger partial charge on any atom is 0.408 e. The molecule has 2 rings (SSSR count). The molecule has 0 fully saturated rings. The van der Waals surface area contributed by atoms with E-state index in [1.54, 1.807) is 39.1 Å². The van der Waals surface area contributed by atoms with Crippen LogP contribution in [0.5, 0.6) is 0 Å². The van der Waals surface area contributed by atoms with Gasteiger partial charge >= 0.3 is 6.09 Å². The number of nitrogens with zero attached hydrogens (tertiary/aromatic N) is 1. The monoisotopic (exact) mass is 263 g/mol. The first-order valence-corrected chi connectivity index (χ1v) is 6.09. The molecule has 1 unspecified atom stereocenters. The Balaban J connectivity index is 2.03. The van der Waals surface area contributed by atoms with Gasteiger partial charge in [-0.15, -0.1) is 0 Å². The van der Waals surface area contributed by atoms with Gasteiger partial charge in [0, 0.05) is 12.6 Å². The van der Waals surface area contributed by atoms with E-state index < -0.39 is 17.7 Å². The molecule has 1 aromatic rings. The molecule has 0 radical (unpaired) electrons. The lowest BCUT2D eigenvalue weighted by Gasteiger charge is -2.26. The van der Waals surface area contributed by atoms with Gasteiger partial charge in [0.2, 0.25) is 5.91 Å². The maximum atomic E-state index is 11.8. The Kier molecular flexibility index (Phi) is 3.42. The zero-order valence-electron chi connectivity index (χ0n) is 11.2. The number of hydrogen-bond donors (Lipinski definition) is 2. The molecule has 2 heterocycles. The van der Waals surface area contributed by atoms with Crippen LogP contribution in [0.2, 0.25) is 0 Å². The van der Waals surface area contributed by atoms with Crippen molar-refractivity contribution in [2.24, 2.45) is 0 Å². The molecule has 102 valence electrons. The number of fused-ring (bicyclic) bond motifs is 1. The Hall–Kier alpha value is -2.11. The van der Waals surface area contributed by atoms with Crippen LogP contribution in [0.25, 0.3) is 0 Å². The molecule has 6 heteroatoms. The van der Waals surface area contributed by atoms with E-state index in [9.17, 15) is 9.59 Å². The fourth-order valence-corrected chi connectivity index (χ4v) is 1.79. The van der Waals surface area contributed by atoms with Gasteiger partial charge < -0.3 is 15.4 Å². The first kappa shape index (κ1) is 13.3. The van der Waals surface area contributed by atoms with Crippen molar-refractivity contribution in [1.29, 1.82) is 0 Å². The summed E-state index contributed by atoms with van der Waals surface area (Å²) in [6.07, 6.45) is 1.41. The second-order valence-electron chi connectivity index (χ2n) is 5.39. The summed E-state index contributed by atoms with van der Waals surface area (Å²) in [5.74, 6) is -0.258. The minimum Gasteiger partial charge on any atom is -0.444 e. The van der Waals surface area contributed by atoms with E-state index in [0.717, 1.165) is 5.69 Å². The smallest absolute Gasteiger partial charge is 0.408 e. The van der Waals surface area contributed by atoms with Crippen LogP contribution >= 0.6 is 0 Å². The van der Waals surface area contributed by atoms with Gasteiger partial charge in [0.15, 0.2) is 0 Å². The number of carbonyl (C=O) groups excluding carboxylic acids is 2. The zero-order valence-corrected chi connectivity index (χ0v) is 11.2. The highest BCUT2D eigenvalue weighted by molar-refractivity contribution is 5.99. The highest BCUT2D eigenvalue weighted by Crippen LogP contribution is 2.19. The summed E-state index contributed by atoms with van der Waals surface area (Å²) in [7, 11) is 0. The molecule has 0 aromatic carbocycles. The van der Waals surface area contributed by atoms with Gasteiger partial charge in [-0.2, -0.15) is 0 Å². The van der Waals surface area contributed by atoms with E-state index in [1.807, 2.05) is 0 Å². The molecule has 0 saturated carbocycles. The lowest BCUT2D eigenvalue weighted by atomic mass is 10.0. The number of hydrogen-bond acceptors (Lipinski definition) is 4. The third kappa shape index (κ3) is 3.43. The number of aromatic nitrogens is 1. The van der Waals surface area contributed by atoms with E-state index in [0.29, 0.717) is 12.1 Å². The van der Waals surface area contributed by atoms with Crippen LogP contribution in [0.3, 0.4) is 0 Å². The molecule has 19 heavy (non-hydrogen) atoms. The van der Waals surface area contributed by atoms with Crippen LogP contribution in [0.4, 0.5) is 10.5 Å². The van der Waals surface area contributed by atoms with Crippen molar-refractivity contribution < 1.29 is 14.3 Å². The van der Waals surface area contributed by atoms with Gasteiger partial charge in [0.05, 0.1) is 11.4 Å². The molecular weight excluding hydrogens is 246 g/mol. The molecule has 0 bridgehead atoms. The van der Waals surface area contributed by atoms with Crippen molar-refractivity contribution >= 4 is 17.7 Å². The van der Waals surface area contributed by atoms with Crippen molar-refractivity contribution in [3.8, 4) is 0 Å². The number of ether oxygens (including phenoxy) is 1. The summed E-state index contributed by atoms with van der Waals surface area (Å²) in [6.45, 7) is 5.30. The quantitative estimate of drug-likeness (QED) is 0.804. The molecule has 1 aliphatic heterocycles. The van der Waals surface area contributed by atoms with Crippen molar-refractivity contribution in [3.63, 3.8) is 0 Å². The van der Waals surface area contributed by atoms with Crippen molar-refractivity contribution in [2.45, 2.75) is 38.8 Å². The Morgan fingerprint density at radius 3 is 2.95 bits per heavy atom. The molecule has 2 amide bonds. The zero-order chi connectivity index (χ0) is 14.0. The topological polar surface area (TPSA) is 80.3 Å². The highest BCUT2D eigenvalue weighted by Gasteiger charge is 2.29. The summed E-state index contributed by atoms with van der Waals surface area (Å²) in [4.78, 5) is 27.7. The SMILES string of the molecule is CC(C)(C)OC(=O)NC1Cc2ncccc2NC1=O. The van der Waals surface area contributed by atoms with Crippen LogP contribution in [0.15, 0.2) is 18.3 Å². The molecule has 1 atom stereocenters. The predicted octanol–water partition coefficient (Wildman–Crippen LogP) is 1.47. The van der Waals surface area contributed by atoms with E-state index in [4.69, 9.17) is 4.74 Å². The second kappa shape index (κ2) is 4.87. The van der Waals surface area contributed by atoms with Crippen molar-refractivity contribution in [3.05, 3.63) is 24.0 Å². The van der Waals surface area contributed by atoms with Crippen molar-refractivity contribution in [1.82, 2.24) is 10.3 Å². The van der Waals surface area contributed by atoms with Gasteiger partial charge in [0.25, 0.3) is 0 Å². The number of pyridine rings is 1. The van der Waals surface area contributed by atoms with Gasteiger partial charge in [-0.3, -0.25) is 9.78 Å². The molecule has 0 spiro atoms. The lowest BCUT2D eigenvalue weighted by Crippen LogP contribution is -2.49. The van der Waals surface area contributed by atoms with Crippen LogP contribution in [0.1, 0.15) is 26.5 Å². The first-order valence-electron chi connectivity index (χ1n) is 6.09. The fourth-order valence-electron chi connectivity index (χ4n) is 1.79. The average molecular weight is 263 g/mol. The molecular formula is C13H17N3O3. The van der Waals surface area contributed by atoms with Gasteiger partial charge in [-0.1, -0.05) is 0 Å². The Labute approximate surface area is 111 Å². The standard InChI is InChI=1S/C13H17N3O3/c1-13(2,3)19-12(18)16-10-7-9-8(15-11(10)17)5-4-6-14-9/h4-6,10H,7H2,1-3H3,(H,15,17)(H,16,18). The predicted molar refractivity (Wildman–Crippen MR) is 69.7 cm³/mol. The molecule has 1 aromatic heterocycles. The van der Waals surface area contributed by atoms with Crippen LogP contribution < -0.4 is 10.6 Å². The molecule has 6 nitrogen and oxygen atoms in total. The summed E-state index contributed by atoms with van der Waals surface area (Å²) in [5.41, 5.74) is 0.851. The summed E-state index contributed by atoms with van der Waals surface area (Å²) >= 11 is 0. The molecule has 1 aliphatic rings. The van der Waals surface area contributed by atoms with Gasteiger partial charge in [-0.05, 0) is 32.9 Å². The number of amides is 2. The van der Waals surface area contributed by atoms with E-state index >= 15 is 0 Å². The third-order valence-electron chi connectivity index (χ3n) is 2.55. The lowest BCUT2D eigenvalue weighted by molar-refractivity contribution is -0.118. The van der Waals surface area contributed by atoms with E-state index in [2.05, 4.69) is 15.6 Å². The van der Waals surface area contributed by atoms with Gasteiger partial charge in [-0.25, -0.2) is 4.79 Å². The number of anilines is 1. The first-order chi connectivity index (χ1) is 8.85. The van der Waals surface area contributed by atoms with Crippen LogP contribution in [-0.2, 0) is 16.0 Å². The number of rotatable bonds is 1.